The summed E-state index contributed by atoms with van der Waals surface area (Å²) in [5.41, 5.74) is 0. The van der Waals surface area contributed by atoms with E-state index in [-0.39, 0.29) is 10.5 Å². The fourth-order valence-electron chi connectivity index (χ4n) is 2.83. The lowest BCUT2D eigenvalue weighted by Gasteiger charge is -2.32. The molecule has 3 nitrogen and oxygen atoms in total. The van der Waals surface area contributed by atoms with Crippen LogP contribution in [0.2, 0.25) is 0 Å². The summed E-state index contributed by atoms with van der Waals surface area (Å²) in [7, 11) is 0. The van der Waals surface area contributed by atoms with Gasteiger partial charge in [-0.25, -0.2) is 0 Å². The molecule has 1 rings (SSSR count). The van der Waals surface area contributed by atoms with Gasteiger partial charge >= 0.3 is 5.97 Å². The van der Waals surface area contributed by atoms with Gasteiger partial charge in [0, 0.05) is 6.42 Å². The van der Waals surface area contributed by atoms with E-state index in [0.29, 0.717) is 12.8 Å². The quantitative estimate of drug-likeness (QED) is 0.193. The largest absolute Gasteiger partial charge is 0.481 e. The molecule has 0 amide bonds. The molecular formula is C23H36O3S2. The number of aliphatic carboxylic acids is 1. The van der Waals surface area contributed by atoms with Crippen LogP contribution in [0.5, 0.6) is 0 Å². The van der Waals surface area contributed by atoms with Gasteiger partial charge in [0.25, 0.3) is 0 Å². The van der Waals surface area contributed by atoms with Crippen LogP contribution in [0.4, 0.5) is 0 Å². The standard InChI is InChI=1S/C23H36O3S2/c1-2-3-4-5-7-10-17-23(27-19-13-20-28-23)18-11-8-6-9-14-21(24)15-12-16-22(25)26/h6-11,14,18,21,24H,2-5,12-13,15-17,19-20H2,1H3,(H,25,26)/b8-6+,10-7-,14-9+,18-11+/t21-/m1/s1. The highest BCUT2D eigenvalue weighted by Crippen LogP contribution is 2.46. The van der Waals surface area contributed by atoms with Crippen molar-refractivity contribution in [1.29, 1.82) is 0 Å². The molecule has 0 bridgehead atoms. The fourth-order valence-corrected chi connectivity index (χ4v) is 5.89. The Morgan fingerprint density at radius 1 is 1.07 bits per heavy atom. The van der Waals surface area contributed by atoms with Crippen molar-refractivity contribution in [1.82, 2.24) is 0 Å². The van der Waals surface area contributed by atoms with Crippen molar-refractivity contribution in [2.75, 3.05) is 11.5 Å². The molecule has 1 saturated heterocycles. The molecule has 1 fully saturated rings. The number of carbonyl (C=O) groups is 1. The summed E-state index contributed by atoms with van der Waals surface area (Å²) in [6.07, 6.45) is 24.5. The van der Waals surface area contributed by atoms with Gasteiger partial charge in [0.2, 0.25) is 0 Å². The predicted molar refractivity (Wildman–Crippen MR) is 125 cm³/mol. The van der Waals surface area contributed by atoms with E-state index in [1.54, 1.807) is 6.08 Å². The van der Waals surface area contributed by atoms with E-state index in [4.69, 9.17) is 5.11 Å². The first-order chi connectivity index (χ1) is 13.6. The first kappa shape index (κ1) is 25.1. The van der Waals surface area contributed by atoms with E-state index in [9.17, 15) is 9.90 Å². The van der Waals surface area contributed by atoms with E-state index in [2.05, 4.69) is 31.2 Å². The Morgan fingerprint density at radius 2 is 1.82 bits per heavy atom. The van der Waals surface area contributed by atoms with Gasteiger partial charge in [0.15, 0.2) is 0 Å². The second kappa shape index (κ2) is 15.9. The molecule has 5 heteroatoms. The van der Waals surface area contributed by atoms with Crippen LogP contribution in [-0.4, -0.2) is 37.9 Å². The molecule has 0 radical (unpaired) electrons. The summed E-state index contributed by atoms with van der Waals surface area (Å²) in [5.74, 6) is 1.62. The molecule has 1 aliphatic rings. The van der Waals surface area contributed by atoms with Crippen molar-refractivity contribution in [3.8, 4) is 0 Å². The van der Waals surface area contributed by atoms with Crippen LogP contribution in [0.15, 0.2) is 48.6 Å². The third-order valence-corrected chi connectivity index (χ3v) is 7.71. The highest BCUT2D eigenvalue weighted by molar-refractivity contribution is 8.19. The fraction of sp³-hybridized carbons (Fsp3) is 0.609. The van der Waals surface area contributed by atoms with Gasteiger partial charge in [-0.2, -0.15) is 0 Å². The zero-order chi connectivity index (χ0) is 20.5. The Labute approximate surface area is 179 Å². The van der Waals surface area contributed by atoms with Crippen LogP contribution in [0.3, 0.4) is 0 Å². The minimum absolute atomic E-state index is 0.105. The van der Waals surface area contributed by atoms with Crippen molar-refractivity contribution < 1.29 is 15.0 Å². The smallest absolute Gasteiger partial charge is 0.303 e. The molecule has 0 unspecified atom stereocenters. The highest BCUT2D eigenvalue weighted by Gasteiger charge is 2.29. The molecule has 28 heavy (non-hydrogen) atoms. The molecule has 1 aliphatic heterocycles. The van der Waals surface area contributed by atoms with Gasteiger partial charge < -0.3 is 10.2 Å². The summed E-state index contributed by atoms with van der Waals surface area (Å²) in [5, 5.41) is 18.4. The molecule has 0 saturated carbocycles. The molecular weight excluding hydrogens is 388 g/mol. The van der Waals surface area contributed by atoms with Gasteiger partial charge in [-0.05, 0) is 50.0 Å². The molecule has 0 aromatic rings. The number of aliphatic hydroxyl groups excluding tert-OH is 1. The highest BCUT2D eigenvalue weighted by atomic mass is 32.2. The van der Waals surface area contributed by atoms with Crippen molar-refractivity contribution in [2.24, 2.45) is 0 Å². The number of unbranched alkanes of at least 4 members (excludes halogenated alkanes) is 3. The Hall–Kier alpha value is -0.910. The average molecular weight is 425 g/mol. The third-order valence-electron chi connectivity index (χ3n) is 4.43. The van der Waals surface area contributed by atoms with E-state index in [1.165, 1.54) is 43.6 Å². The van der Waals surface area contributed by atoms with Gasteiger partial charge in [-0.3, -0.25) is 4.79 Å². The monoisotopic (exact) mass is 424 g/mol. The maximum absolute atomic E-state index is 10.5. The predicted octanol–water partition coefficient (Wildman–Crippen LogP) is 6.36. The van der Waals surface area contributed by atoms with Crippen LogP contribution in [0.25, 0.3) is 0 Å². The maximum atomic E-state index is 10.5. The Balaban J connectivity index is 2.43. The van der Waals surface area contributed by atoms with Crippen LogP contribution in [0.1, 0.15) is 64.7 Å². The average Bonchev–Trinajstić information content (AvgIpc) is 2.68. The molecule has 0 spiro atoms. The van der Waals surface area contributed by atoms with Gasteiger partial charge in [-0.1, -0.05) is 68.4 Å². The van der Waals surface area contributed by atoms with Gasteiger partial charge in [0.1, 0.15) is 0 Å². The summed E-state index contributed by atoms with van der Waals surface area (Å²) in [4.78, 5) is 10.5. The molecule has 0 aromatic carbocycles. The van der Waals surface area contributed by atoms with E-state index >= 15 is 0 Å². The maximum Gasteiger partial charge on any atom is 0.303 e. The van der Waals surface area contributed by atoms with Crippen molar-refractivity contribution >= 4 is 29.5 Å². The number of thioether (sulfide) groups is 2. The molecule has 0 aliphatic carbocycles. The third kappa shape index (κ3) is 12.5. The van der Waals surface area contributed by atoms with Gasteiger partial charge in [-0.15, -0.1) is 23.5 Å². The van der Waals surface area contributed by atoms with Crippen LogP contribution in [0, 0.1) is 0 Å². The molecule has 158 valence electrons. The van der Waals surface area contributed by atoms with E-state index in [1.807, 2.05) is 41.8 Å². The summed E-state index contributed by atoms with van der Waals surface area (Å²) < 4.78 is 0.143. The van der Waals surface area contributed by atoms with Crippen molar-refractivity contribution in [3.63, 3.8) is 0 Å². The first-order valence-corrected chi connectivity index (χ1v) is 12.4. The SMILES string of the molecule is CCCCC/C=C\CC1(/C=C/C=C/C=C/[C@@H](O)CCCC(=O)O)SCCCS1. The van der Waals surface area contributed by atoms with Crippen LogP contribution >= 0.6 is 23.5 Å². The second-order valence-corrected chi connectivity index (χ2v) is 10.1. The number of hydrogen-bond acceptors (Lipinski definition) is 4. The lowest BCUT2D eigenvalue weighted by atomic mass is 10.1. The summed E-state index contributed by atoms with van der Waals surface area (Å²) >= 11 is 4.09. The zero-order valence-electron chi connectivity index (χ0n) is 17.1. The van der Waals surface area contributed by atoms with E-state index < -0.39 is 12.1 Å². The number of carboxylic acid groups (broad SMARTS) is 1. The number of allylic oxidation sites excluding steroid dienone is 6. The second-order valence-electron chi connectivity index (χ2n) is 7.02. The molecule has 1 heterocycles. The number of aliphatic hydroxyl groups is 1. The summed E-state index contributed by atoms with van der Waals surface area (Å²) in [6.45, 7) is 2.24. The lowest BCUT2D eigenvalue weighted by Crippen LogP contribution is -2.21. The Kier molecular flexibility index (Phi) is 14.3. The van der Waals surface area contributed by atoms with Crippen molar-refractivity contribution in [3.05, 3.63) is 48.6 Å². The van der Waals surface area contributed by atoms with E-state index in [0.717, 1.165) is 6.42 Å². The molecule has 2 N–H and O–H groups in total. The van der Waals surface area contributed by atoms with Crippen molar-refractivity contribution in [2.45, 2.75) is 74.9 Å². The Morgan fingerprint density at radius 3 is 2.54 bits per heavy atom. The van der Waals surface area contributed by atoms with Crippen LogP contribution in [-0.2, 0) is 4.79 Å². The topological polar surface area (TPSA) is 57.5 Å². The first-order valence-electron chi connectivity index (χ1n) is 10.4. The van der Waals surface area contributed by atoms with Gasteiger partial charge in [0.05, 0.1) is 10.2 Å². The molecule has 1 atom stereocenters. The minimum atomic E-state index is -0.815. The zero-order valence-corrected chi connectivity index (χ0v) is 18.7. The summed E-state index contributed by atoms with van der Waals surface area (Å²) in [6, 6.07) is 0. The number of carboxylic acids is 1. The normalized spacial score (nSPS) is 18.6. The van der Waals surface area contributed by atoms with Crippen LogP contribution < -0.4 is 0 Å². The Bertz CT molecular complexity index is 532. The minimum Gasteiger partial charge on any atom is -0.481 e. The number of hydrogen-bond donors (Lipinski definition) is 2. The number of rotatable bonds is 14. The molecule has 0 aromatic heterocycles. The lowest BCUT2D eigenvalue weighted by molar-refractivity contribution is -0.137.